The fourth-order valence-electron chi connectivity index (χ4n) is 2.20. The first kappa shape index (κ1) is 14.9. The zero-order chi connectivity index (χ0) is 16.2. The minimum absolute atomic E-state index is 0.0597. The van der Waals surface area contributed by atoms with Crippen LogP contribution in [0.3, 0.4) is 0 Å². The molecule has 0 aliphatic rings. The molecule has 2 aromatic carbocycles. The van der Waals surface area contributed by atoms with Gasteiger partial charge < -0.3 is 4.74 Å². The molecule has 0 saturated carbocycles. The van der Waals surface area contributed by atoms with Crippen LogP contribution in [0.2, 0.25) is 0 Å². The molecule has 116 valence electrons. The van der Waals surface area contributed by atoms with Crippen molar-refractivity contribution in [2.45, 2.75) is 6.61 Å². The SMILES string of the molecule is O=Cc1ccc(-n2cc(-c3ccccc3)cn2)cc1OC(F)F. The van der Waals surface area contributed by atoms with E-state index >= 15 is 0 Å². The van der Waals surface area contributed by atoms with E-state index in [4.69, 9.17) is 0 Å². The first-order valence-electron chi connectivity index (χ1n) is 6.82. The van der Waals surface area contributed by atoms with Crippen molar-refractivity contribution in [2.75, 3.05) is 0 Å². The van der Waals surface area contributed by atoms with Crippen LogP contribution in [0.1, 0.15) is 10.4 Å². The Morgan fingerprint density at radius 2 is 1.87 bits per heavy atom. The molecule has 0 N–H and O–H groups in total. The van der Waals surface area contributed by atoms with Crippen LogP contribution in [0, 0.1) is 0 Å². The summed E-state index contributed by atoms with van der Waals surface area (Å²) in [5, 5.41) is 4.22. The van der Waals surface area contributed by atoms with Gasteiger partial charge in [0.2, 0.25) is 0 Å². The van der Waals surface area contributed by atoms with Gasteiger partial charge in [-0.05, 0) is 17.7 Å². The first-order chi connectivity index (χ1) is 11.2. The van der Waals surface area contributed by atoms with Crippen LogP contribution in [0.5, 0.6) is 5.75 Å². The van der Waals surface area contributed by atoms with Gasteiger partial charge in [-0.15, -0.1) is 0 Å². The first-order valence-corrected chi connectivity index (χ1v) is 6.82. The van der Waals surface area contributed by atoms with Gasteiger partial charge in [0, 0.05) is 17.8 Å². The van der Waals surface area contributed by atoms with Gasteiger partial charge in [0.15, 0.2) is 6.29 Å². The maximum atomic E-state index is 12.4. The molecule has 0 aliphatic carbocycles. The Balaban J connectivity index is 1.96. The fourth-order valence-corrected chi connectivity index (χ4v) is 2.20. The normalized spacial score (nSPS) is 10.7. The highest BCUT2D eigenvalue weighted by Gasteiger charge is 2.12. The second kappa shape index (κ2) is 6.39. The lowest BCUT2D eigenvalue weighted by Gasteiger charge is -2.09. The standard InChI is InChI=1S/C17H12F2N2O2/c18-17(19)23-16-8-15(7-6-13(16)11-22)21-10-14(9-20-21)12-4-2-1-3-5-12/h1-11,17H. The van der Waals surface area contributed by atoms with E-state index in [-0.39, 0.29) is 11.3 Å². The highest BCUT2D eigenvalue weighted by molar-refractivity contribution is 5.80. The lowest BCUT2D eigenvalue weighted by atomic mass is 10.1. The third-order valence-corrected chi connectivity index (χ3v) is 3.29. The van der Waals surface area contributed by atoms with Crippen LogP contribution in [-0.2, 0) is 0 Å². The molecule has 0 amide bonds. The van der Waals surface area contributed by atoms with E-state index in [0.29, 0.717) is 12.0 Å². The summed E-state index contributed by atoms with van der Waals surface area (Å²) in [4.78, 5) is 10.9. The van der Waals surface area contributed by atoms with E-state index in [2.05, 4.69) is 9.84 Å². The quantitative estimate of drug-likeness (QED) is 0.670. The molecule has 0 unspecified atom stereocenters. The van der Waals surface area contributed by atoms with Crippen molar-refractivity contribution in [1.29, 1.82) is 0 Å². The predicted molar refractivity (Wildman–Crippen MR) is 81.0 cm³/mol. The molecule has 0 aliphatic heterocycles. The molecule has 0 bridgehead atoms. The van der Waals surface area contributed by atoms with Gasteiger partial charge in [0.25, 0.3) is 0 Å². The number of aldehydes is 1. The number of nitrogens with zero attached hydrogens (tertiary/aromatic N) is 2. The summed E-state index contributed by atoms with van der Waals surface area (Å²) in [6.45, 7) is -3.00. The van der Waals surface area contributed by atoms with Gasteiger partial charge in [-0.1, -0.05) is 30.3 Å². The smallest absolute Gasteiger partial charge is 0.387 e. The largest absolute Gasteiger partial charge is 0.434 e. The number of carbonyl (C=O) groups excluding carboxylic acids is 1. The highest BCUT2D eigenvalue weighted by atomic mass is 19.3. The minimum Gasteiger partial charge on any atom is -0.434 e. The second-order valence-corrected chi connectivity index (χ2v) is 4.76. The molecule has 3 rings (SSSR count). The van der Waals surface area contributed by atoms with Crippen molar-refractivity contribution in [1.82, 2.24) is 9.78 Å². The minimum atomic E-state index is -3.00. The number of hydrogen-bond donors (Lipinski definition) is 0. The molecule has 0 spiro atoms. The Bertz CT molecular complexity index is 816. The van der Waals surface area contributed by atoms with Crippen LogP contribution in [0.15, 0.2) is 60.9 Å². The molecule has 0 fully saturated rings. The molecule has 1 aromatic heterocycles. The maximum absolute atomic E-state index is 12.4. The summed E-state index contributed by atoms with van der Waals surface area (Å²) in [5.41, 5.74) is 2.46. The van der Waals surface area contributed by atoms with Gasteiger partial charge in [0.1, 0.15) is 5.75 Å². The van der Waals surface area contributed by atoms with E-state index in [0.717, 1.165) is 11.1 Å². The van der Waals surface area contributed by atoms with Gasteiger partial charge in [0.05, 0.1) is 17.4 Å². The molecule has 4 nitrogen and oxygen atoms in total. The fraction of sp³-hybridized carbons (Fsp3) is 0.0588. The Hall–Kier alpha value is -3.02. The number of carbonyl (C=O) groups is 1. The molecular weight excluding hydrogens is 302 g/mol. The van der Waals surface area contributed by atoms with Crippen LogP contribution in [0.4, 0.5) is 8.78 Å². The Morgan fingerprint density at radius 3 is 2.57 bits per heavy atom. The van der Waals surface area contributed by atoms with Crippen LogP contribution < -0.4 is 4.74 Å². The number of benzene rings is 2. The average molecular weight is 314 g/mol. The summed E-state index contributed by atoms with van der Waals surface area (Å²) >= 11 is 0. The maximum Gasteiger partial charge on any atom is 0.387 e. The number of aromatic nitrogens is 2. The molecule has 0 radical (unpaired) electrons. The Morgan fingerprint density at radius 1 is 1.09 bits per heavy atom. The topological polar surface area (TPSA) is 44.1 Å². The van der Waals surface area contributed by atoms with E-state index in [1.54, 1.807) is 18.5 Å². The number of alkyl halides is 2. The molecule has 3 aromatic rings. The van der Waals surface area contributed by atoms with Crippen molar-refractivity contribution in [3.63, 3.8) is 0 Å². The highest BCUT2D eigenvalue weighted by Crippen LogP contribution is 2.25. The lowest BCUT2D eigenvalue weighted by molar-refractivity contribution is -0.0500. The van der Waals surface area contributed by atoms with E-state index in [1.807, 2.05) is 30.3 Å². The molecule has 1 heterocycles. The Kier molecular flexibility index (Phi) is 4.14. The molecule has 6 heteroatoms. The van der Waals surface area contributed by atoms with E-state index in [9.17, 15) is 13.6 Å². The average Bonchev–Trinajstić information content (AvgIpc) is 3.05. The number of rotatable bonds is 5. The second-order valence-electron chi connectivity index (χ2n) is 4.76. The number of ether oxygens (including phenoxy) is 1. The Labute approximate surface area is 130 Å². The van der Waals surface area contributed by atoms with Crippen molar-refractivity contribution < 1.29 is 18.3 Å². The van der Waals surface area contributed by atoms with Gasteiger partial charge in [-0.2, -0.15) is 13.9 Å². The summed E-state index contributed by atoms with van der Waals surface area (Å²) in [7, 11) is 0. The van der Waals surface area contributed by atoms with Crippen molar-refractivity contribution >= 4 is 6.29 Å². The van der Waals surface area contributed by atoms with Crippen molar-refractivity contribution in [3.05, 3.63) is 66.5 Å². The predicted octanol–water partition coefficient (Wildman–Crippen LogP) is 3.95. The van der Waals surface area contributed by atoms with E-state index in [1.165, 1.54) is 16.8 Å². The summed E-state index contributed by atoms with van der Waals surface area (Å²) in [5.74, 6) is -0.177. The molecular formula is C17H12F2N2O2. The van der Waals surface area contributed by atoms with Crippen molar-refractivity contribution in [2.24, 2.45) is 0 Å². The molecule has 0 atom stereocenters. The van der Waals surface area contributed by atoms with E-state index < -0.39 is 6.61 Å². The summed E-state index contributed by atoms with van der Waals surface area (Å²) in [6.07, 6.45) is 3.92. The van der Waals surface area contributed by atoms with Crippen molar-refractivity contribution in [3.8, 4) is 22.6 Å². The number of hydrogen-bond acceptors (Lipinski definition) is 3. The van der Waals surface area contributed by atoms with Crippen LogP contribution in [-0.4, -0.2) is 22.7 Å². The van der Waals surface area contributed by atoms with Gasteiger partial charge >= 0.3 is 6.61 Å². The summed E-state index contributed by atoms with van der Waals surface area (Å²) in [6, 6.07) is 14.0. The van der Waals surface area contributed by atoms with Gasteiger partial charge in [-0.25, -0.2) is 4.68 Å². The monoisotopic (exact) mass is 314 g/mol. The number of halogens is 2. The lowest BCUT2D eigenvalue weighted by Crippen LogP contribution is -2.05. The van der Waals surface area contributed by atoms with Crippen LogP contribution >= 0.6 is 0 Å². The summed E-state index contributed by atoms with van der Waals surface area (Å²) < 4.78 is 30.8. The van der Waals surface area contributed by atoms with Crippen LogP contribution in [0.25, 0.3) is 16.8 Å². The zero-order valence-electron chi connectivity index (χ0n) is 11.9. The molecule has 23 heavy (non-hydrogen) atoms. The molecule has 0 saturated heterocycles. The zero-order valence-corrected chi connectivity index (χ0v) is 11.9. The third kappa shape index (κ3) is 3.26. The third-order valence-electron chi connectivity index (χ3n) is 3.29. The van der Waals surface area contributed by atoms with Gasteiger partial charge in [-0.3, -0.25) is 4.79 Å².